The first-order valence-corrected chi connectivity index (χ1v) is 9.60. The number of benzene rings is 2. The topological polar surface area (TPSA) is 61.8 Å². The van der Waals surface area contributed by atoms with Crippen LogP contribution in [0.25, 0.3) is 11.1 Å². The average molecular weight is 368 g/mol. The van der Waals surface area contributed by atoms with Gasteiger partial charge in [0.25, 0.3) is 5.91 Å². The highest BCUT2D eigenvalue weighted by Gasteiger charge is 2.11. The molecule has 2 N–H and O–H groups in total. The number of carbonyl (C=O) groups is 1. The van der Waals surface area contributed by atoms with E-state index in [0.29, 0.717) is 17.9 Å². The minimum atomic E-state index is -0.0749. The molecule has 1 saturated heterocycles. The summed E-state index contributed by atoms with van der Waals surface area (Å²) in [5.41, 5.74) is 3.39. The van der Waals surface area contributed by atoms with E-state index in [-0.39, 0.29) is 12.5 Å². The first-order valence-electron chi connectivity index (χ1n) is 9.60. The molecule has 0 saturated carbocycles. The minimum Gasteiger partial charge on any atom is -0.496 e. The van der Waals surface area contributed by atoms with E-state index in [2.05, 4.69) is 10.2 Å². The van der Waals surface area contributed by atoms with Crippen molar-refractivity contribution in [3.05, 3.63) is 53.6 Å². The number of ether oxygens (including phenoxy) is 1. The third kappa shape index (κ3) is 5.08. The molecule has 2 aromatic rings. The normalized spacial score (nSPS) is 14.7. The zero-order valence-electron chi connectivity index (χ0n) is 15.9. The molecule has 1 aliphatic rings. The largest absolute Gasteiger partial charge is 0.496 e. The molecule has 0 unspecified atom stereocenters. The SMILES string of the molecule is COc1ccc(-c2ccc(C(=O)NCCN3CCCCC3)cc2)cc1CO. The lowest BCUT2D eigenvalue weighted by Gasteiger charge is -2.26. The van der Waals surface area contributed by atoms with Crippen molar-refractivity contribution in [1.29, 1.82) is 0 Å². The van der Waals surface area contributed by atoms with Gasteiger partial charge in [-0.2, -0.15) is 0 Å². The van der Waals surface area contributed by atoms with Crippen molar-refractivity contribution in [2.75, 3.05) is 33.3 Å². The molecule has 144 valence electrons. The molecule has 5 heteroatoms. The fourth-order valence-electron chi connectivity index (χ4n) is 3.51. The van der Waals surface area contributed by atoms with Crippen molar-refractivity contribution in [2.45, 2.75) is 25.9 Å². The van der Waals surface area contributed by atoms with Gasteiger partial charge in [0, 0.05) is 24.2 Å². The molecule has 3 rings (SSSR count). The summed E-state index contributed by atoms with van der Waals surface area (Å²) in [5.74, 6) is 0.635. The van der Waals surface area contributed by atoms with Crippen LogP contribution in [-0.2, 0) is 6.61 Å². The van der Waals surface area contributed by atoms with Crippen molar-refractivity contribution < 1.29 is 14.6 Å². The average Bonchev–Trinajstić information content (AvgIpc) is 2.74. The second-order valence-electron chi connectivity index (χ2n) is 6.92. The molecular formula is C22H28N2O3. The summed E-state index contributed by atoms with van der Waals surface area (Å²) in [5, 5.41) is 12.5. The summed E-state index contributed by atoms with van der Waals surface area (Å²) in [6.07, 6.45) is 3.85. The number of amides is 1. The Hall–Kier alpha value is -2.37. The van der Waals surface area contributed by atoms with E-state index in [1.807, 2.05) is 42.5 Å². The van der Waals surface area contributed by atoms with Crippen LogP contribution < -0.4 is 10.1 Å². The van der Waals surface area contributed by atoms with Gasteiger partial charge in [-0.25, -0.2) is 0 Å². The van der Waals surface area contributed by atoms with E-state index < -0.39 is 0 Å². The van der Waals surface area contributed by atoms with Crippen LogP contribution in [0.2, 0.25) is 0 Å². The highest BCUT2D eigenvalue weighted by molar-refractivity contribution is 5.94. The monoisotopic (exact) mass is 368 g/mol. The second-order valence-corrected chi connectivity index (χ2v) is 6.92. The van der Waals surface area contributed by atoms with Gasteiger partial charge in [0.15, 0.2) is 0 Å². The summed E-state index contributed by atoms with van der Waals surface area (Å²) in [6, 6.07) is 13.3. The Bertz CT molecular complexity index is 753. The Morgan fingerprint density at radius 2 is 1.78 bits per heavy atom. The van der Waals surface area contributed by atoms with Crippen molar-refractivity contribution in [2.24, 2.45) is 0 Å². The number of nitrogens with zero attached hydrogens (tertiary/aromatic N) is 1. The van der Waals surface area contributed by atoms with Crippen LogP contribution in [-0.4, -0.2) is 49.2 Å². The quantitative estimate of drug-likeness (QED) is 0.788. The summed E-state index contributed by atoms with van der Waals surface area (Å²) in [4.78, 5) is 14.8. The molecule has 1 heterocycles. The fourth-order valence-corrected chi connectivity index (χ4v) is 3.51. The molecule has 0 spiro atoms. The van der Waals surface area contributed by atoms with Crippen LogP contribution in [0.5, 0.6) is 5.75 Å². The summed E-state index contributed by atoms with van der Waals surface area (Å²) >= 11 is 0. The van der Waals surface area contributed by atoms with Crippen LogP contribution in [0.4, 0.5) is 0 Å². The van der Waals surface area contributed by atoms with Gasteiger partial charge < -0.3 is 20.1 Å². The number of nitrogens with one attached hydrogen (secondary N) is 1. The Morgan fingerprint density at radius 3 is 2.44 bits per heavy atom. The van der Waals surface area contributed by atoms with Crippen LogP contribution in [0.15, 0.2) is 42.5 Å². The predicted molar refractivity (Wildman–Crippen MR) is 107 cm³/mol. The zero-order valence-corrected chi connectivity index (χ0v) is 15.9. The van der Waals surface area contributed by atoms with Crippen molar-refractivity contribution in [3.8, 4) is 16.9 Å². The molecular weight excluding hydrogens is 340 g/mol. The Balaban J connectivity index is 1.58. The number of hydrogen-bond acceptors (Lipinski definition) is 4. The van der Waals surface area contributed by atoms with Gasteiger partial charge in [0.05, 0.1) is 13.7 Å². The lowest BCUT2D eigenvalue weighted by atomic mass is 10.0. The van der Waals surface area contributed by atoms with Gasteiger partial charge in [0.1, 0.15) is 5.75 Å². The van der Waals surface area contributed by atoms with E-state index >= 15 is 0 Å². The van der Waals surface area contributed by atoms with Crippen LogP contribution in [0.1, 0.15) is 35.2 Å². The third-order valence-corrected chi connectivity index (χ3v) is 5.09. The molecule has 1 aliphatic heterocycles. The Kier molecular flexibility index (Phi) is 6.85. The van der Waals surface area contributed by atoms with Gasteiger partial charge in [-0.3, -0.25) is 4.79 Å². The molecule has 0 aliphatic carbocycles. The number of piperidine rings is 1. The van der Waals surface area contributed by atoms with E-state index in [1.165, 1.54) is 19.3 Å². The molecule has 0 aromatic heterocycles. The number of likely N-dealkylation sites (tertiary alicyclic amines) is 1. The van der Waals surface area contributed by atoms with Crippen LogP contribution in [0.3, 0.4) is 0 Å². The summed E-state index contributed by atoms with van der Waals surface area (Å²) in [6.45, 7) is 3.80. The standard InChI is InChI=1S/C22H28N2O3/c1-27-21-10-9-19(15-20(21)16-25)17-5-7-18(8-6-17)22(26)23-11-14-24-12-3-2-4-13-24/h5-10,15,25H,2-4,11-14,16H2,1H3,(H,23,26). The van der Waals surface area contributed by atoms with Gasteiger partial charge in [-0.1, -0.05) is 24.6 Å². The highest BCUT2D eigenvalue weighted by Crippen LogP contribution is 2.27. The van der Waals surface area contributed by atoms with Crippen LogP contribution in [0, 0.1) is 0 Å². The van der Waals surface area contributed by atoms with Gasteiger partial charge in [-0.05, 0) is 61.3 Å². The molecule has 2 aromatic carbocycles. The molecule has 0 atom stereocenters. The third-order valence-electron chi connectivity index (χ3n) is 5.09. The van der Waals surface area contributed by atoms with E-state index in [4.69, 9.17) is 4.74 Å². The van der Waals surface area contributed by atoms with Crippen molar-refractivity contribution >= 4 is 5.91 Å². The maximum absolute atomic E-state index is 12.3. The van der Waals surface area contributed by atoms with E-state index in [0.717, 1.165) is 36.3 Å². The first kappa shape index (κ1) is 19.4. The van der Waals surface area contributed by atoms with Gasteiger partial charge in [-0.15, -0.1) is 0 Å². The Morgan fingerprint density at radius 1 is 1.07 bits per heavy atom. The van der Waals surface area contributed by atoms with Gasteiger partial charge >= 0.3 is 0 Å². The highest BCUT2D eigenvalue weighted by atomic mass is 16.5. The number of aliphatic hydroxyl groups is 1. The maximum atomic E-state index is 12.3. The molecule has 1 fully saturated rings. The minimum absolute atomic E-state index is 0.0377. The molecule has 5 nitrogen and oxygen atoms in total. The zero-order chi connectivity index (χ0) is 19.1. The maximum Gasteiger partial charge on any atom is 0.251 e. The van der Waals surface area contributed by atoms with Crippen molar-refractivity contribution in [1.82, 2.24) is 10.2 Å². The fraction of sp³-hybridized carbons (Fsp3) is 0.409. The number of rotatable bonds is 7. The Labute approximate surface area is 161 Å². The molecule has 0 bridgehead atoms. The predicted octanol–water partition coefficient (Wildman–Crippen LogP) is 3.07. The van der Waals surface area contributed by atoms with Gasteiger partial charge in [0.2, 0.25) is 0 Å². The molecule has 27 heavy (non-hydrogen) atoms. The molecule has 0 radical (unpaired) electrons. The lowest BCUT2D eigenvalue weighted by molar-refractivity contribution is 0.0946. The first-order chi connectivity index (χ1) is 13.2. The number of carbonyl (C=O) groups excluding carboxylic acids is 1. The summed E-state index contributed by atoms with van der Waals surface area (Å²) < 4.78 is 5.24. The van der Waals surface area contributed by atoms with E-state index in [9.17, 15) is 9.90 Å². The second kappa shape index (κ2) is 9.53. The number of methoxy groups -OCH3 is 1. The van der Waals surface area contributed by atoms with Crippen molar-refractivity contribution in [3.63, 3.8) is 0 Å². The lowest BCUT2D eigenvalue weighted by Crippen LogP contribution is -2.37. The molecule has 1 amide bonds. The van der Waals surface area contributed by atoms with Crippen LogP contribution >= 0.6 is 0 Å². The summed E-state index contributed by atoms with van der Waals surface area (Å²) in [7, 11) is 1.59. The van der Waals surface area contributed by atoms with E-state index in [1.54, 1.807) is 7.11 Å². The number of aliphatic hydroxyl groups excluding tert-OH is 1. The smallest absolute Gasteiger partial charge is 0.251 e. The number of hydrogen-bond donors (Lipinski definition) is 2.